The molecule has 1 aliphatic carbocycles. The topological polar surface area (TPSA) is 69.0 Å². The van der Waals surface area contributed by atoms with Crippen molar-refractivity contribution in [3.8, 4) is 0 Å². The van der Waals surface area contributed by atoms with Crippen molar-refractivity contribution in [2.75, 3.05) is 0 Å². The van der Waals surface area contributed by atoms with Gasteiger partial charge in [0, 0.05) is 36.9 Å². The highest BCUT2D eigenvalue weighted by atomic mass is 16.2. The second-order valence-electron chi connectivity index (χ2n) is 7.24. The molecule has 1 saturated carbocycles. The number of aromatic nitrogens is 2. The number of H-pyrrole nitrogens is 2. The number of benzene rings is 1. The lowest BCUT2D eigenvalue weighted by Gasteiger charge is -2.23. The number of fused-ring (bicyclic) bond motifs is 1. The van der Waals surface area contributed by atoms with Gasteiger partial charge in [0.1, 0.15) is 0 Å². The lowest BCUT2D eigenvalue weighted by atomic mass is 10.1. The minimum Gasteiger partial charge on any atom is -0.361 e. The molecule has 2 N–H and O–H groups in total. The van der Waals surface area contributed by atoms with Crippen LogP contribution in [0.3, 0.4) is 0 Å². The Labute approximate surface area is 152 Å². The van der Waals surface area contributed by atoms with E-state index in [1.165, 1.54) is 6.92 Å². The zero-order valence-corrected chi connectivity index (χ0v) is 15.3. The molecule has 0 bridgehead atoms. The first kappa shape index (κ1) is 16.6. The van der Waals surface area contributed by atoms with Crippen LogP contribution in [0.1, 0.15) is 57.4 Å². The minimum atomic E-state index is -0.0412. The minimum absolute atomic E-state index is 0.0143. The SMILES string of the molecule is CC(=O)c1[nH]c(C)c(C(=O)N(Cc2ccc3[nH]ccc3c2)C2CC2)c1C. The van der Waals surface area contributed by atoms with Crippen molar-refractivity contribution in [3.63, 3.8) is 0 Å². The first-order chi connectivity index (χ1) is 12.5. The molecule has 0 atom stereocenters. The van der Waals surface area contributed by atoms with Gasteiger partial charge in [0.05, 0.1) is 11.3 Å². The molecule has 2 heterocycles. The van der Waals surface area contributed by atoms with Crippen LogP contribution in [0.5, 0.6) is 0 Å². The first-order valence-electron chi connectivity index (χ1n) is 9.03. The second kappa shape index (κ2) is 6.16. The first-order valence-corrected chi connectivity index (χ1v) is 9.03. The van der Waals surface area contributed by atoms with Gasteiger partial charge in [0.15, 0.2) is 5.78 Å². The molecule has 0 spiro atoms. The third kappa shape index (κ3) is 2.83. The molecule has 1 fully saturated rings. The Morgan fingerprint density at radius 2 is 1.96 bits per heavy atom. The number of ketones is 1. The molecule has 0 saturated heterocycles. The fourth-order valence-corrected chi connectivity index (χ4v) is 3.72. The second-order valence-corrected chi connectivity index (χ2v) is 7.24. The zero-order chi connectivity index (χ0) is 18.4. The fraction of sp³-hybridized carbons (Fsp3) is 0.333. The largest absolute Gasteiger partial charge is 0.361 e. The Hall–Kier alpha value is -2.82. The van der Waals surface area contributed by atoms with Crippen LogP contribution in [0.25, 0.3) is 10.9 Å². The Balaban J connectivity index is 1.66. The molecule has 4 rings (SSSR count). The average Bonchev–Trinajstić information content (AvgIpc) is 3.25. The highest BCUT2D eigenvalue weighted by Crippen LogP contribution is 2.32. The van der Waals surface area contributed by atoms with E-state index in [0.717, 1.165) is 40.6 Å². The van der Waals surface area contributed by atoms with Crippen LogP contribution in [0, 0.1) is 13.8 Å². The number of aryl methyl sites for hydroxylation is 1. The zero-order valence-electron chi connectivity index (χ0n) is 15.3. The summed E-state index contributed by atoms with van der Waals surface area (Å²) in [7, 11) is 0. The molecule has 1 aliphatic rings. The molecular formula is C21H23N3O2. The lowest BCUT2D eigenvalue weighted by molar-refractivity contribution is 0.0728. The fourth-order valence-electron chi connectivity index (χ4n) is 3.72. The highest BCUT2D eigenvalue weighted by Gasteiger charge is 2.35. The number of aromatic amines is 2. The third-order valence-corrected chi connectivity index (χ3v) is 5.22. The Bertz CT molecular complexity index is 1010. The standard InChI is InChI=1S/C21H23N3O2/c1-12-19(13(2)23-20(12)14(3)25)21(26)24(17-5-6-17)11-15-4-7-18-16(10-15)8-9-22-18/h4,7-10,17,22-23H,5-6,11H2,1-3H3. The van der Waals surface area contributed by atoms with E-state index >= 15 is 0 Å². The van der Waals surface area contributed by atoms with Crippen molar-refractivity contribution in [1.82, 2.24) is 14.9 Å². The summed E-state index contributed by atoms with van der Waals surface area (Å²) in [6, 6.07) is 8.59. The van der Waals surface area contributed by atoms with Crippen LogP contribution in [0.2, 0.25) is 0 Å². The average molecular weight is 349 g/mol. The van der Waals surface area contributed by atoms with E-state index in [2.05, 4.69) is 28.2 Å². The van der Waals surface area contributed by atoms with Crippen molar-refractivity contribution in [3.05, 3.63) is 58.5 Å². The number of Topliss-reactive ketones (excluding diaryl/α,β-unsaturated/α-hetero) is 1. The monoisotopic (exact) mass is 349 g/mol. The molecule has 26 heavy (non-hydrogen) atoms. The Morgan fingerprint density at radius 3 is 2.62 bits per heavy atom. The van der Waals surface area contributed by atoms with Crippen molar-refractivity contribution in [1.29, 1.82) is 0 Å². The van der Waals surface area contributed by atoms with E-state index in [4.69, 9.17) is 0 Å². The maximum atomic E-state index is 13.3. The number of carbonyl (C=O) groups is 2. The summed E-state index contributed by atoms with van der Waals surface area (Å²) < 4.78 is 0. The Kier molecular flexibility index (Phi) is 3.94. The van der Waals surface area contributed by atoms with Crippen molar-refractivity contribution < 1.29 is 9.59 Å². The summed E-state index contributed by atoms with van der Waals surface area (Å²) in [6.07, 6.45) is 4.01. The van der Waals surface area contributed by atoms with E-state index in [0.29, 0.717) is 23.8 Å². The summed E-state index contributed by atoms with van der Waals surface area (Å²) in [6.45, 7) is 5.83. The van der Waals surface area contributed by atoms with Crippen LogP contribution >= 0.6 is 0 Å². The molecule has 0 unspecified atom stereocenters. The Morgan fingerprint density at radius 1 is 1.19 bits per heavy atom. The maximum Gasteiger partial charge on any atom is 0.256 e. The van der Waals surface area contributed by atoms with E-state index in [9.17, 15) is 9.59 Å². The summed E-state index contributed by atoms with van der Waals surface area (Å²) in [4.78, 5) is 33.4. The summed E-state index contributed by atoms with van der Waals surface area (Å²) >= 11 is 0. The lowest BCUT2D eigenvalue weighted by Crippen LogP contribution is -2.33. The predicted molar refractivity (Wildman–Crippen MR) is 101 cm³/mol. The van der Waals surface area contributed by atoms with Crippen LogP contribution in [-0.2, 0) is 6.54 Å². The number of amides is 1. The van der Waals surface area contributed by atoms with Crippen LogP contribution in [-0.4, -0.2) is 32.6 Å². The van der Waals surface area contributed by atoms with Gasteiger partial charge in [-0.15, -0.1) is 0 Å². The third-order valence-electron chi connectivity index (χ3n) is 5.22. The van der Waals surface area contributed by atoms with Crippen molar-refractivity contribution in [2.45, 2.75) is 46.2 Å². The molecule has 3 aromatic rings. The predicted octanol–water partition coefficient (Wildman–Crippen LogP) is 4.12. The number of nitrogens with one attached hydrogen (secondary N) is 2. The van der Waals surface area contributed by atoms with Crippen LogP contribution < -0.4 is 0 Å². The van der Waals surface area contributed by atoms with Gasteiger partial charge in [0.25, 0.3) is 5.91 Å². The molecule has 1 aromatic carbocycles. The van der Waals surface area contributed by atoms with E-state index in [1.807, 2.05) is 31.0 Å². The number of hydrogen-bond acceptors (Lipinski definition) is 2. The van der Waals surface area contributed by atoms with Crippen molar-refractivity contribution >= 4 is 22.6 Å². The molecule has 0 aliphatic heterocycles. The number of rotatable bonds is 5. The van der Waals surface area contributed by atoms with Gasteiger partial charge < -0.3 is 14.9 Å². The quantitative estimate of drug-likeness (QED) is 0.680. The molecule has 134 valence electrons. The molecule has 0 radical (unpaired) electrons. The number of carbonyl (C=O) groups excluding carboxylic acids is 2. The van der Waals surface area contributed by atoms with Gasteiger partial charge >= 0.3 is 0 Å². The molecule has 2 aromatic heterocycles. The van der Waals surface area contributed by atoms with Gasteiger partial charge in [-0.25, -0.2) is 0 Å². The molecule has 5 nitrogen and oxygen atoms in total. The van der Waals surface area contributed by atoms with Gasteiger partial charge in [-0.2, -0.15) is 0 Å². The molecule has 1 amide bonds. The normalized spacial score (nSPS) is 14.0. The van der Waals surface area contributed by atoms with E-state index < -0.39 is 0 Å². The van der Waals surface area contributed by atoms with E-state index in [-0.39, 0.29) is 11.7 Å². The van der Waals surface area contributed by atoms with Gasteiger partial charge in [-0.1, -0.05) is 6.07 Å². The maximum absolute atomic E-state index is 13.3. The summed E-state index contributed by atoms with van der Waals surface area (Å²) in [5, 5.41) is 1.15. The number of nitrogens with zero attached hydrogens (tertiary/aromatic N) is 1. The van der Waals surface area contributed by atoms with Crippen LogP contribution in [0.15, 0.2) is 30.5 Å². The van der Waals surface area contributed by atoms with Gasteiger partial charge in [-0.05, 0) is 61.4 Å². The van der Waals surface area contributed by atoms with Crippen LogP contribution in [0.4, 0.5) is 0 Å². The number of hydrogen-bond donors (Lipinski definition) is 2. The molecule has 5 heteroatoms. The summed E-state index contributed by atoms with van der Waals surface area (Å²) in [5.74, 6) is -0.0269. The van der Waals surface area contributed by atoms with Gasteiger partial charge in [-0.3, -0.25) is 9.59 Å². The van der Waals surface area contributed by atoms with Crippen molar-refractivity contribution in [2.24, 2.45) is 0 Å². The smallest absolute Gasteiger partial charge is 0.256 e. The molecular weight excluding hydrogens is 326 g/mol. The van der Waals surface area contributed by atoms with E-state index in [1.54, 1.807) is 0 Å². The summed E-state index contributed by atoms with van der Waals surface area (Å²) in [5.41, 5.74) is 4.92. The van der Waals surface area contributed by atoms with Gasteiger partial charge in [0.2, 0.25) is 0 Å². The highest BCUT2D eigenvalue weighted by molar-refractivity contribution is 6.02.